The minimum absolute atomic E-state index is 0.0446. The number of methoxy groups -OCH3 is 1. The first kappa shape index (κ1) is 17.7. The number of ketones is 1. The van der Waals surface area contributed by atoms with Gasteiger partial charge in [0.1, 0.15) is 11.6 Å². The summed E-state index contributed by atoms with van der Waals surface area (Å²) in [5, 5.41) is -0.0446. The van der Waals surface area contributed by atoms with Crippen LogP contribution in [-0.4, -0.2) is 25.5 Å². The molecule has 24 heavy (non-hydrogen) atoms. The highest BCUT2D eigenvalue weighted by Crippen LogP contribution is 2.18. The van der Waals surface area contributed by atoms with Crippen LogP contribution in [0.15, 0.2) is 48.5 Å². The predicted molar refractivity (Wildman–Crippen MR) is 88.7 cm³/mol. The number of hydrogen-bond acceptors (Lipinski definition) is 4. The van der Waals surface area contributed by atoms with E-state index in [1.807, 2.05) is 0 Å². The molecule has 0 bridgehead atoms. The smallest absolute Gasteiger partial charge is 0.331 e. The van der Waals surface area contributed by atoms with Crippen molar-refractivity contribution in [2.75, 3.05) is 13.7 Å². The molecule has 0 aliphatic carbocycles. The number of hydrogen-bond donors (Lipinski definition) is 0. The fourth-order valence-corrected chi connectivity index (χ4v) is 2.11. The first-order valence-corrected chi connectivity index (χ1v) is 7.35. The Morgan fingerprint density at radius 1 is 1.21 bits per heavy atom. The summed E-state index contributed by atoms with van der Waals surface area (Å²) in [5.74, 6) is -1.20. The van der Waals surface area contributed by atoms with E-state index in [0.29, 0.717) is 16.9 Å². The predicted octanol–water partition coefficient (Wildman–Crippen LogP) is 3.93. The van der Waals surface area contributed by atoms with Gasteiger partial charge in [-0.3, -0.25) is 4.79 Å². The lowest BCUT2D eigenvalue weighted by molar-refractivity contribution is -0.136. The van der Waals surface area contributed by atoms with Gasteiger partial charge in [0.2, 0.25) is 5.78 Å². The summed E-state index contributed by atoms with van der Waals surface area (Å²) in [7, 11) is 1.45. The molecule has 124 valence electrons. The average Bonchev–Trinajstić information content (AvgIpc) is 2.60. The van der Waals surface area contributed by atoms with E-state index in [2.05, 4.69) is 0 Å². The summed E-state index contributed by atoms with van der Waals surface area (Å²) in [4.78, 5) is 23.7. The van der Waals surface area contributed by atoms with Crippen molar-refractivity contribution in [2.45, 2.75) is 0 Å². The topological polar surface area (TPSA) is 52.6 Å². The Kier molecular flexibility index (Phi) is 6.09. The van der Waals surface area contributed by atoms with Crippen LogP contribution in [0.1, 0.15) is 15.9 Å². The molecule has 0 atom stereocenters. The number of ether oxygens (including phenoxy) is 2. The highest BCUT2D eigenvalue weighted by Gasteiger charge is 2.13. The Morgan fingerprint density at radius 3 is 2.67 bits per heavy atom. The van der Waals surface area contributed by atoms with Gasteiger partial charge in [0.15, 0.2) is 6.61 Å². The van der Waals surface area contributed by atoms with Gasteiger partial charge < -0.3 is 9.47 Å². The van der Waals surface area contributed by atoms with Gasteiger partial charge in [-0.25, -0.2) is 9.18 Å². The third-order valence-electron chi connectivity index (χ3n) is 3.11. The minimum atomic E-state index is -0.696. The maximum absolute atomic E-state index is 13.0. The van der Waals surface area contributed by atoms with Crippen molar-refractivity contribution >= 4 is 29.4 Å². The van der Waals surface area contributed by atoms with Crippen molar-refractivity contribution in [3.05, 3.63) is 70.5 Å². The lowest BCUT2D eigenvalue weighted by Gasteiger charge is -2.07. The standard InChI is InChI=1S/C18H14ClFO4/c1-23-17-5-3-2-4-13(17)16(21)11-24-18(22)9-7-12-6-8-15(20)14(19)10-12/h2-10H,11H2,1H3/b9-7+. The molecule has 0 unspecified atom stereocenters. The summed E-state index contributed by atoms with van der Waals surface area (Å²) in [6, 6.07) is 10.7. The molecule has 2 aromatic rings. The molecular formula is C18H14ClFO4. The largest absolute Gasteiger partial charge is 0.496 e. The molecule has 0 spiro atoms. The molecule has 0 aromatic heterocycles. The van der Waals surface area contributed by atoms with E-state index >= 15 is 0 Å². The third-order valence-corrected chi connectivity index (χ3v) is 3.40. The quantitative estimate of drug-likeness (QED) is 0.451. The molecule has 0 radical (unpaired) electrons. The molecule has 4 nitrogen and oxygen atoms in total. The molecule has 0 aliphatic heterocycles. The first-order chi connectivity index (χ1) is 11.5. The number of esters is 1. The second-order valence-corrected chi connectivity index (χ2v) is 5.15. The maximum Gasteiger partial charge on any atom is 0.331 e. The SMILES string of the molecule is COc1ccccc1C(=O)COC(=O)/C=C/c1ccc(F)c(Cl)c1. The Balaban J connectivity index is 1.94. The van der Waals surface area contributed by atoms with Crippen LogP contribution in [0.4, 0.5) is 4.39 Å². The number of para-hydroxylation sites is 1. The van der Waals surface area contributed by atoms with Crippen LogP contribution in [0, 0.1) is 5.82 Å². The number of benzene rings is 2. The average molecular weight is 349 g/mol. The van der Waals surface area contributed by atoms with Gasteiger partial charge in [-0.05, 0) is 35.9 Å². The Bertz CT molecular complexity index is 786. The number of carbonyl (C=O) groups is 2. The van der Waals surface area contributed by atoms with Gasteiger partial charge in [0.25, 0.3) is 0 Å². The molecule has 0 heterocycles. The number of carbonyl (C=O) groups excluding carboxylic acids is 2. The second kappa shape index (κ2) is 8.26. The van der Waals surface area contributed by atoms with Crippen molar-refractivity contribution in [1.82, 2.24) is 0 Å². The van der Waals surface area contributed by atoms with E-state index in [0.717, 1.165) is 6.08 Å². The van der Waals surface area contributed by atoms with E-state index < -0.39 is 18.4 Å². The van der Waals surface area contributed by atoms with Crippen LogP contribution in [-0.2, 0) is 9.53 Å². The Morgan fingerprint density at radius 2 is 1.96 bits per heavy atom. The zero-order valence-corrected chi connectivity index (χ0v) is 13.5. The highest BCUT2D eigenvalue weighted by atomic mass is 35.5. The minimum Gasteiger partial charge on any atom is -0.496 e. The summed E-state index contributed by atoms with van der Waals surface area (Å²) < 4.78 is 23.0. The van der Waals surface area contributed by atoms with Crippen molar-refractivity contribution in [2.24, 2.45) is 0 Å². The van der Waals surface area contributed by atoms with Crippen LogP contribution >= 0.6 is 11.6 Å². The molecule has 0 saturated carbocycles. The summed E-state index contributed by atoms with van der Waals surface area (Å²) >= 11 is 5.65. The van der Waals surface area contributed by atoms with Gasteiger partial charge in [-0.2, -0.15) is 0 Å². The van der Waals surface area contributed by atoms with Gasteiger partial charge in [0, 0.05) is 6.08 Å². The van der Waals surface area contributed by atoms with Crippen molar-refractivity contribution < 1.29 is 23.5 Å². The second-order valence-electron chi connectivity index (χ2n) is 4.74. The first-order valence-electron chi connectivity index (χ1n) is 6.97. The zero-order chi connectivity index (χ0) is 17.5. The van der Waals surface area contributed by atoms with Gasteiger partial charge >= 0.3 is 5.97 Å². The Labute approximate surface area is 143 Å². The van der Waals surface area contributed by atoms with Crippen LogP contribution in [0.25, 0.3) is 6.08 Å². The fraction of sp³-hybridized carbons (Fsp3) is 0.111. The van der Waals surface area contributed by atoms with Crippen LogP contribution < -0.4 is 4.74 Å². The van der Waals surface area contributed by atoms with E-state index in [1.54, 1.807) is 24.3 Å². The van der Waals surface area contributed by atoms with Crippen LogP contribution in [0.2, 0.25) is 5.02 Å². The monoisotopic (exact) mass is 348 g/mol. The van der Waals surface area contributed by atoms with Crippen molar-refractivity contribution in [3.8, 4) is 5.75 Å². The molecule has 2 rings (SSSR count). The van der Waals surface area contributed by atoms with Gasteiger partial charge in [0.05, 0.1) is 17.7 Å². The molecule has 6 heteroatoms. The molecule has 2 aromatic carbocycles. The summed E-state index contributed by atoms with van der Waals surface area (Å²) in [6.45, 7) is -0.409. The normalized spacial score (nSPS) is 10.6. The zero-order valence-electron chi connectivity index (χ0n) is 12.8. The number of halogens is 2. The molecule has 0 amide bonds. The number of rotatable bonds is 6. The van der Waals surface area contributed by atoms with E-state index in [-0.39, 0.29) is 10.8 Å². The van der Waals surface area contributed by atoms with Gasteiger partial charge in [-0.1, -0.05) is 29.8 Å². The van der Waals surface area contributed by atoms with Crippen molar-refractivity contribution in [1.29, 1.82) is 0 Å². The fourth-order valence-electron chi connectivity index (χ4n) is 1.92. The molecule has 0 N–H and O–H groups in total. The molecule has 0 aliphatic rings. The van der Waals surface area contributed by atoms with Crippen LogP contribution in [0.5, 0.6) is 5.75 Å². The highest BCUT2D eigenvalue weighted by molar-refractivity contribution is 6.30. The Hall–Kier alpha value is -2.66. The molecular weight excluding hydrogens is 335 g/mol. The lowest BCUT2D eigenvalue weighted by Crippen LogP contribution is -2.13. The maximum atomic E-state index is 13.0. The van der Waals surface area contributed by atoms with E-state index in [4.69, 9.17) is 21.1 Å². The third kappa shape index (κ3) is 4.67. The molecule has 0 saturated heterocycles. The van der Waals surface area contributed by atoms with E-state index in [1.165, 1.54) is 31.4 Å². The van der Waals surface area contributed by atoms with Crippen LogP contribution in [0.3, 0.4) is 0 Å². The molecule has 0 fully saturated rings. The lowest BCUT2D eigenvalue weighted by atomic mass is 10.1. The summed E-state index contributed by atoms with van der Waals surface area (Å²) in [5.41, 5.74) is 0.872. The van der Waals surface area contributed by atoms with Crippen molar-refractivity contribution in [3.63, 3.8) is 0 Å². The van der Waals surface area contributed by atoms with E-state index in [9.17, 15) is 14.0 Å². The van der Waals surface area contributed by atoms with Gasteiger partial charge in [-0.15, -0.1) is 0 Å². The number of Topliss-reactive ketones (excluding diaryl/α,β-unsaturated/α-hetero) is 1. The summed E-state index contributed by atoms with van der Waals surface area (Å²) in [6.07, 6.45) is 2.56.